The summed E-state index contributed by atoms with van der Waals surface area (Å²) in [5, 5.41) is 14.6. The predicted molar refractivity (Wildman–Crippen MR) is 91.9 cm³/mol. The molecule has 21 heavy (non-hydrogen) atoms. The van der Waals surface area contributed by atoms with Crippen LogP contribution < -0.4 is 21.3 Å². The quantitative estimate of drug-likeness (QED) is 0.530. The first kappa shape index (κ1) is 20.8. The van der Waals surface area contributed by atoms with Gasteiger partial charge in [0, 0.05) is 49.3 Å². The van der Waals surface area contributed by atoms with Crippen molar-refractivity contribution in [2.75, 3.05) is 26.2 Å². The van der Waals surface area contributed by atoms with Crippen LogP contribution in [0.4, 0.5) is 0 Å². The molecule has 1 rings (SSSR count). The molecule has 0 aromatic carbocycles. The van der Waals surface area contributed by atoms with E-state index in [1.807, 2.05) is 0 Å². The maximum absolute atomic E-state index is 3.67. The molecule has 1 aliphatic heterocycles. The molecular formula is C16H38N4O. The maximum atomic E-state index is 3.67. The molecule has 0 bridgehead atoms. The van der Waals surface area contributed by atoms with Gasteiger partial charge in [-0.1, -0.05) is 0 Å². The van der Waals surface area contributed by atoms with Crippen molar-refractivity contribution in [3.63, 3.8) is 0 Å². The zero-order valence-corrected chi connectivity index (χ0v) is 14.9. The summed E-state index contributed by atoms with van der Waals surface area (Å²) in [4.78, 5) is 0. The fourth-order valence-electron chi connectivity index (χ4n) is 3.26. The molecule has 1 fully saturated rings. The molecule has 0 aromatic heterocycles. The minimum Gasteiger partial charge on any atom is -0.412 e. The summed E-state index contributed by atoms with van der Waals surface area (Å²) in [7, 11) is 0. The minimum absolute atomic E-state index is 0. The summed E-state index contributed by atoms with van der Waals surface area (Å²) in [6, 6.07) is 1.08. The molecule has 0 amide bonds. The molecule has 0 saturated carbocycles. The van der Waals surface area contributed by atoms with Crippen molar-refractivity contribution < 1.29 is 5.48 Å². The second-order valence-corrected chi connectivity index (χ2v) is 7.74. The Morgan fingerprint density at radius 3 is 1.33 bits per heavy atom. The summed E-state index contributed by atoms with van der Waals surface area (Å²) in [6.07, 6.45) is 2.29. The van der Waals surface area contributed by atoms with Crippen LogP contribution in [-0.4, -0.2) is 54.8 Å². The molecule has 1 aliphatic rings. The van der Waals surface area contributed by atoms with Gasteiger partial charge < -0.3 is 26.7 Å². The second kappa shape index (κ2) is 9.06. The average Bonchev–Trinajstić information content (AvgIpc) is 2.28. The molecule has 0 spiro atoms. The number of nitrogens with one attached hydrogen (secondary N) is 4. The van der Waals surface area contributed by atoms with Crippen molar-refractivity contribution in [2.24, 2.45) is 0 Å². The second-order valence-electron chi connectivity index (χ2n) is 7.74. The lowest BCUT2D eigenvalue weighted by molar-refractivity contribution is 0.284. The Balaban J connectivity index is 0.00000400. The first-order chi connectivity index (χ1) is 9.20. The number of rotatable bonds is 0. The molecule has 2 atom stereocenters. The Morgan fingerprint density at radius 1 is 0.667 bits per heavy atom. The number of hydrogen-bond donors (Lipinski definition) is 4. The lowest BCUT2D eigenvalue weighted by atomic mass is 9.94. The molecule has 0 aromatic rings. The van der Waals surface area contributed by atoms with Gasteiger partial charge in [0.05, 0.1) is 0 Å². The van der Waals surface area contributed by atoms with Crippen LogP contribution >= 0.6 is 0 Å². The van der Waals surface area contributed by atoms with Crippen LogP contribution in [0.3, 0.4) is 0 Å². The molecular weight excluding hydrogens is 264 g/mol. The van der Waals surface area contributed by atoms with E-state index in [1.54, 1.807) is 0 Å². The largest absolute Gasteiger partial charge is 0.412 e. The number of hydrogen-bond acceptors (Lipinski definition) is 4. The summed E-state index contributed by atoms with van der Waals surface area (Å²) in [5.41, 5.74) is 0.377. The Bertz CT molecular complexity index is 253. The fraction of sp³-hybridized carbons (Fsp3) is 1.00. The molecule has 128 valence electrons. The van der Waals surface area contributed by atoms with Crippen LogP contribution in [0.25, 0.3) is 0 Å². The Kier molecular flexibility index (Phi) is 8.97. The van der Waals surface area contributed by atoms with Crippen LogP contribution in [0.15, 0.2) is 0 Å². The molecule has 0 aliphatic carbocycles. The van der Waals surface area contributed by atoms with Gasteiger partial charge in [-0.3, -0.25) is 0 Å². The van der Waals surface area contributed by atoms with Gasteiger partial charge in [-0.25, -0.2) is 0 Å². The van der Waals surface area contributed by atoms with Crippen LogP contribution in [0.5, 0.6) is 0 Å². The molecule has 5 nitrogen and oxygen atoms in total. The third-order valence-electron chi connectivity index (χ3n) is 4.08. The highest BCUT2D eigenvalue weighted by Gasteiger charge is 2.22. The first-order valence-corrected chi connectivity index (χ1v) is 8.17. The van der Waals surface area contributed by atoms with Gasteiger partial charge in [0.1, 0.15) is 0 Å². The van der Waals surface area contributed by atoms with E-state index in [1.165, 1.54) is 0 Å². The molecule has 6 N–H and O–H groups in total. The predicted octanol–water partition coefficient (Wildman–Crippen LogP) is 0.648. The fourth-order valence-corrected chi connectivity index (χ4v) is 3.26. The summed E-state index contributed by atoms with van der Waals surface area (Å²) >= 11 is 0. The van der Waals surface area contributed by atoms with E-state index >= 15 is 0 Å². The molecule has 5 heteroatoms. The molecule has 0 radical (unpaired) electrons. The summed E-state index contributed by atoms with van der Waals surface area (Å²) < 4.78 is 0. The third kappa shape index (κ3) is 9.42. The van der Waals surface area contributed by atoms with Crippen LogP contribution in [0.1, 0.15) is 54.4 Å². The highest BCUT2D eigenvalue weighted by atomic mass is 16.0. The van der Waals surface area contributed by atoms with Crippen molar-refractivity contribution in [1.29, 1.82) is 0 Å². The standard InChI is InChI=1S/C16H36N4.H2O/c1-13-11-15(3,4)19-10-8-18-14(2)12-16(5,6)20-9-7-17-13;/h13-14,17-20H,7-12H2,1-6H3;1H2. The molecule has 1 heterocycles. The van der Waals surface area contributed by atoms with Crippen LogP contribution in [0.2, 0.25) is 0 Å². The van der Waals surface area contributed by atoms with Gasteiger partial charge in [-0.2, -0.15) is 0 Å². The topological polar surface area (TPSA) is 79.6 Å². The first-order valence-electron chi connectivity index (χ1n) is 8.17. The SMILES string of the molecule is CC1CC(C)(C)NCCNC(C)CC(C)(C)NCCN1.O. The zero-order chi connectivity index (χ0) is 15.2. The van der Waals surface area contributed by atoms with Crippen molar-refractivity contribution in [3.05, 3.63) is 0 Å². The van der Waals surface area contributed by atoms with Gasteiger partial charge in [0.2, 0.25) is 0 Å². The monoisotopic (exact) mass is 302 g/mol. The third-order valence-corrected chi connectivity index (χ3v) is 4.08. The van der Waals surface area contributed by atoms with E-state index in [2.05, 4.69) is 62.8 Å². The van der Waals surface area contributed by atoms with Crippen molar-refractivity contribution in [1.82, 2.24) is 21.3 Å². The molecule has 1 saturated heterocycles. The lowest BCUT2D eigenvalue weighted by Gasteiger charge is -2.33. The maximum Gasteiger partial charge on any atom is 0.0140 e. The smallest absolute Gasteiger partial charge is 0.0140 e. The highest BCUT2D eigenvalue weighted by Crippen LogP contribution is 2.13. The van der Waals surface area contributed by atoms with Crippen molar-refractivity contribution >= 4 is 0 Å². The van der Waals surface area contributed by atoms with Crippen LogP contribution in [0, 0.1) is 0 Å². The van der Waals surface area contributed by atoms with Gasteiger partial charge in [-0.15, -0.1) is 0 Å². The Morgan fingerprint density at radius 2 is 1.00 bits per heavy atom. The Labute approximate surface area is 131 Å². The van der Waals surface area contributed by atoms with E-state index in [0.29, 0.717) is 12.1 Å². The van der Waals surface area contributed by atoms with E-state index in [-0.39, 0.29) is 16.6 Å². The lowest BCUT2D eigenvalue weighted by Crippen LogP contribution is -2.51. The van der Waals surface area contributed by atoms with E-state index in [0.717, 1.165) is 39.0 Å². The zero-order valence-electron chi connectivity index (χ0n) is 14.9. The van der Waals surface area contributed by atoms with E-state index < -0.39 is 0 Å². The summed E-state index contributed by atoms with van der Waals surface area (Å²) in [5.74, 6) is 0. The highest BCUT2D eigenvalue weighted by molar-refractivity contribution is 4.86. The minimum atomic E-state index is 0. The summed E-state index contributed by atoms with van der Waals surface area (Å²) in [6.45, 7) is 17.8. The average molecular weight is 303 g/mol. The van der Waals surface area contributed by atoms with Crippen molar-refractivity contribution in [2.45, 2.75) is 77.5 Å². The van der Waals surface area contributed by atoms with E-state index in [4.69, 9.17) is 0 Å². The Hall–Kier alpha value is -0.200. The normalized spacial score (nSPS) is 31.7. The van der Waals surface area contributed by atoms with E-state index in [9.17, 15) is 0 Å². The van der Waals surface area contributed by atoms with Gasteiger partial charge >= 0.3 is 0 Å². The van der Waals surface area contributed by atoms with Crippen molar-refractivity contribution in [3.8, 4) is 0 Å². The van der Waals surface area contributed by atoms with Gasteiger partial charge in [-0.05, 0) is 54.4 Å². The van der Waals surface area contributed by atoms with Gasteiger partial charge in [0.25, 0.3) is 0 Å². The molecule has 2 unspecified atom stereocenters. The van der Waals surface area contributed by atoms with Crippen LogP contribution in [-0.2, 0) is 0 Å². The van der Waals surface area contributed by atoms with Gasteiger partial charge in [0.15, 0.2) is 0 Å².